The Hall–Kier alpha value is -4.33. The van der Waals surface area contributed by atoms with Crippen molar-refractivity contribution in [2.75, 3.05) is 11.9 Å². The molecule has 5 N–H and O–H groups in total. The number of primary amides is 1. The zero-order valence-electron chi connectivity index (χ0n) is 19.4. The molecule has 0 unspecified atom stereocenters. The number of benzene rings is 3. The van der Waals surface area contributed by atoms with Gasteiger partial charge in [0.15, 0.2) is 5.95 Å². The fraction of sp³-hybridized carbons (Fsp3) is 0.222. The van der Waals surface area contributed by atoms with Gasteiger partial charge in [-0.15, -0.1) is 0 Å². The van der Waals surface area contributed by atoms with E-state index in [1.54, 1.807) is 41.6 Å². The van der Waals surface area contributed by atoms with Crippen LogP contribution in [0.15, 0.2) is 79.1 Å². The van der Waals surface area contributed by atoms with Crippen LogP contribution in [0.2, 0.25) is 0 Å². The lowest BCUT2D eigenvalue weighted by Gasteiger charge is -2.30. The zero-order chi connectivity index (χ0) is 24.6. The van der Waals surface area contributed by atoms with Crippen LogP contribution in [0.1, 0.15) is 24.0 Å². The fourth-order valence-electron chi connectivity index (χ4n) is 4.11. The molecule has 0 bridgehead atoms. The number of aromatic nitrogens is 2. The van der Waals surface area contributed by atoms with Gasteiger partial charge in [-0.2, -0.15) is 0 Å². The molecule has 35 heavy (non-hydrogen) atoms. The maximum atomic E-state index is 13.5. The molecule has 8 heteroatoms. The highest BCUT2D eigenvalue weighted by Gasteiger charge is 2.28. The lowest BCUT2D eigenvalue weighted by molar-refractivity contribution is -0.139. The van der Waals surface area contributed by atoms with Crippen LogP contribution in [0, 0.1) is 0 Å². The molecule has 0 saturated heterocycles. The minimum atomic E-state index is -0.768. The van der Waals surface area contributed by atoms with Crippen molar-refractivity contribution < 1.29 is 14.7 Å². The summed E-state index contributed by atoms with van der Waals surface area (Å²) in [5.74, 6) is 0.0528. The van der Waals surface area contributed by atoms with Gasteiger partial charge in [0.25, 0.3) is 0 Å². The van der Waals surface area contributed by atoms with E-state index >= 15 is 0 Å². The number of imidazole rings is 1. The number of fused-ring (bicyclic) bond motifs is 1. The topological polar surface area (TPSA) is 124 Å². The largest absolute Gasteiger partial charge is 0.508 e. The Morgan fingerprint density at radius 1 is 1.03 bits per heavy atom. The van der Waals surface area contributed by atoms with E-state index in [1.807, 2.05) is 42.5 Å². The normalized spacial score (nSPS) is 11.8. The van der Waals surface area contributed by atoms with Gasteiger partial charge in [-0.1, -0.05) is 54.6 Å². The minimum Gasteiger partial charge on any atom is -0.508 e. The number of aromatic amines is 1. The molecule has 0 aliphatic heterocycles. The summed E-state index contributed by atoms with van der Waals surface area (Å²) in [4.78, 5) is 34.7. The quantitative estimate of drug-likeness (QED) is 0.249. The highest BCUT2D eigenvalue weighted by molar-refractivity contribution is 5.89. The highest BCUT2D eigenvalue weighted by Crippen LogP contribution is 2.20. The predicted molar refractivity (Wildman–Crippen MR) is 136 cm³/mol. The second-order valence-electron chi connectivity index (χ2n) is 8.47. The Labute approximate surface area is 203 Å². The maximum Gasteiger partial charge on any atom is 0.240 e. The number of nitrogens with two attached hydrogens (primary N) is 1. The number of anilines is 1. The van der Waals surface area contributed by atoms with Crippen molar-refractivity contribution in [1.29, 1.82) is 0 Å². The van der Waals surface area contributed by atoms with E-state index in [1.165, 1.54) is 0 Å². The minimum absolute atomic E-state index is 0.137. The van der Waals surface area contributed by atoms with E-state index in [9.17, 15) is 14.7 Å². The molecule has 0 radical (unpaired) electrons. The molecule has 3 aromatic carbocycles. The highest BCUT2D eigenvalue weighted by atomic mass is 16.3. The molecule has 1 heterocycles. The van der Waals surface area contributed by atoms with Crippen molar-refractivity contribution >= 4 is 28.5 Å². The number of phenols is 1. The first kappa shape index (κ1) is 23.8. The molecule has 4 aromatic rings. The average Bonchev–Trinajstić information content (AvgIpc) is 3.37. The molecule has 0 fully saturated rings. The molecular formula is C27H29N5O3. The van der Waals surface area contributed by atoms with Crippen molar-refractivity contribution in [2.45, 2.75) is 31.8 Å². The first-order valence-electron chi connectivity index (χ1n) is 11.6. The summed E-state index contributed by atoms with van der Waals surface area (Å²) in [6.45, 7) is 0.787. The Bertz CT molecular complexity index is 1270. The Morgan fingerprint density at radius 2 is 1.77 bits per heavy atom. The number of hydrogen-bond donors (Lipinski definition) is 4. The summed E-state index contributed by atoms with van der Waals surface area (Å²) < 4.78 is 0. The fourth-order valence-corrected chi connectivity index (χ4v) is 4.11. The molecule has 0 saturated carbocycles. The van der Waals surface area contributed by atoms with Crippen LogP contribution in [0.25, 0.3) is 10.8 Å². The molecule has 1 aromatic heterocycles. The standard InChI is InChI=1S/C27H29N5O3/c28-26(35)24(6-3-13-29-27-30-14-15-31-27)32(18-19-8-11-23(33)12-9-19)25(34)17-20-7-10-21-4-1-2-5-22(21)16-20/h1-2,4-5,7-12,14-16,24,33H,3,6,13,17-18H2,(H2,28,35)(H2,29,30,31)/t24-/m1/s1. The molecule has 4 rings (SSSR count). The number of H-pyrrole nitrogens is 1. The van der Waals surface area contributed by atoms with Gasteiger partial charge < -0.3 is 26.0 Å². The van der Waals surface area contributed by atoms with Crippen molar-refractivity contribution in [3.8, 4) is 5.75 Å². The first-order chi connectivity index (χ1) is 17.0. The predicted octanol–water partition coefficient (Wildman–Crippen LogP) is 3.59. The monoisotopic (exact) mass is 471 g/mol. The number of rotatable bonds is 11. The summed E-state index contributed by atoms with van der Waals surface area (Å²) in [7, 11) is 0. The van der Waals surface area contributed by atoms with Gasteiger partial charge in [0.1, 0.15) is 11.8 Å². The van der Waals surface area contributed by atoms with Crippen LogP contribution >= 0.6 is 0 Å². The summed E-state index contributed by atoms with van der Waals surface area (Å²) in [6, 6.07) is 19.7. The number of nitrogens with one attached hydrogen (secondary N) is 2. The molecule has 0 aliphatic carbocycles. The van der Waals surface area contributed by atoms with E-state index in [0.717, 1.165) is 21.9 Å². The summed E-state index contributed by atoms with van der Waals surface area (Å²) in [5.41, 5.74) is 7.45. The second-order valence-corrected chi connectivity index (χ2v) is 8.47. The molecule has 0 aliphatic rings. The van der Waals surface area contributed by atoms with Gasteiger partial charge >= 0.3 is 0 Å². The van der Waals surface area contributed by atoms with E-state index < -0.39 is 11.9 Å². The number of amides is 2. The Balaban J connectivity index is 1.51. The van der Waals surface area contributed by atoms with Crippen LogP contribution in [0.3, 0.4) is 0 Å². The smallest absolute Gasteiger partial charge is 0.240 e. The molecule has 2 amide bonds. The lowest BCUT2D eigenvalue weighted by Crippen LogP contribution is -2.48. The van der Waals surface area contributed by atoms with E-state index in [-0.39, 0.29) is 24.6 Å². The van der Waals surface area contributed by atoms with Gasteiger partial charge in [0.2, 0.25) is 11.8 Å². The van der Waals surface area contributed by atoms with Gasteiger partial charge in [0, 0.05) is 25.5 Å². The third-order valence-electron chi connectivity index (χ3n) is 5.93. The van der Waals surface area contributed by atoms with E-state index in [0.29, 0.717) is 25.3 Å². The molecule has 0 spiro atoms. The third kappa shape index (κ3) is 6.38. The van der Waals surface area contributed by atoms with Crippen molar-refractivity contribution in [3.63, 3.8) is 0 Å². The van der Waals surface area contributed by atoms with Crippen molar-refractivity contribution in [2.24, 2.45) is 5.73 Å². The number of hydrogen-bond acceptors (Lipinski definition) is 5. The second kappa shape index (κ2) is 11.2. The van der Waals surface area contributed by atoms with Crippen molar-refractivity contribution in [1.82, 2.24) is 14.9 Å². The van der Waals surface area contributed by atoms with Gasteiger partial charge in [0.05, 0.1) is 6.42 Å². The van der Waals surface area contributed by atoms with Crippen LogP contribution in [-0.4, -0.2) is 44.4 Å². The number of phenolic OH excluding ortho intramolecular Hbond substituents is 1. The van der Waals surface area contributed by atoms with Crippen molar-refractivity contribution in [3.05, 3.63) is 90.3 Å². The molecule has 8 nitrogen and oxygen atoms in total. The number of carbonyl (C=O) groups excluding carboxylic acids is 2. The molecule has 180 valence electrons. The lowest BCUT2D eigenvalue weighted by atomic mass is 10.0. The van der Waals surface area contributed by atoms with Gasteiger partial charge in [-0.3, -0.25) is 9.59 Å². The number of aromatic hydroxyl groups is 1. The van der Waals surface area contributed by atoms with E-state index in [4.69, 9.17) is 5.73 Å². The van der Waals surface area contributed by atoms with Crippen LogP contribution in [-0.2, 0) is 22.6 Å². The van der Waals surface area contributed by atoms with Crippen LogP contribution in [0.4, 0.5) is 5.95 Å². The summed E-state index contributed by atoms with van der Waals surface area (Å²) >= 11 is 0. The third-order valence-corrected chi connectivity index (χ3v) is 5.93. The zero-order valence-corrected chi connectivity index (χ0v) is 19.4. The van der Waals surface area contributed by atoms with Gasteiger partial charge in [-0.05, 0) is 46.9 Å². The SMILES string of the molecule is NC(=O)[C@@H](CCCNc1ncc[nH]1)N(Cc1ccc(O)cc1)C(=O)Cc1ccc2ccccc2c1. The number of nitrogens with zero attached hydrogens (tertiary/aromatic N) is 2. The van der Waals surface area contributed by atoms with Gasteiger partial charge in [-0.25, -0.2) is 4.98 Å². The Morgan fingerprint density at radius 3 is 2.49 bits per heavy atom. The first-order valence-corrected chi connectivity index (χ1v) is 11.6. The maximum absolute atomic E-state index is 13.5. The van der Waals surface area contributed by atoms with E-state index in [2.05, 4.69) is 15.3 Å². The van der Waals surface area contributed by atoms with Crippen LogP contribution < -0.4 is 11.1 Å². The molecular weight excluding hydrogens is 442 g/mol. The average molecular weight is 472 g/mol. The molecule has 1 atom stereocenters. The summed E-state index contributed by atoms with van der Waals surface area (Å²) in [6.07, 6.45) is 4.55. The summed E-state index contributed by atoms with van der Waals surface area (Å²) in [5, 5.41) is 14.9. The number of carbonyl (C=O) groups is 2. The Kier molecular flexibility index (Phi) is 7.62. The van der Waals surface area contributed by atoms with Crippen LogP contribution in [0.5, 0.6) is 5.75 Å².